The second-order valence-corrected chi connectivity index (χ2v) is 2.57. The molecular formula is C9H16O. The van der Waals surface area contributed by atoms with Crippen LogP contribution >= 0.6 is 0 Å². The topological polar surface area (TPSA) is 20.2 Å². The Bertz CT molecular complexity index is 136. The lowest BCUT2D eigenvalue weighted by molar-refractivity contribution is 0.173. The van der Waals surface area contributed by atoms with Crippen LogP contribution in [-0.2, 0) is 0 Å². The molecular weight excluding hydrogens is 124 g/mol. The van der Waals surface area contributed by atoms with Gasteiger partial charge in [-0.1, -0.05) is 19.1 Å². The predicted octanol–water partition coefficient (Wildman–Crippen LogP) is 2.14. The van der Waals surface area contributed by atoms with Crippen molar-refractivity contribution in [3.8, 4) is 0 Å². The number of aliphatic hydroxyl groups is 1. The van der Waals surface area contributed by atoms with Crippen LogP contribution in [0.2, 0.25) is 0 Å². The molecule has 0 amide bonds. The number of hydrogen-bond donors (Lipinski definition) is 1. The molecule has 0 fully saturated rings. The zero-order valence-electron chi connectivity index (χ0n) is 6.96. The molecule has 2 atom stereocenters. The van der Waals surface area contributed by atoms with E-state index < -0.39 is 0 Å². The Hall–Kier alpha value is -0.560. The van der Waals surface area contributed by atoms with Gasteiger partial charge in [-0.2, -0.15) is 0 Å². The van der Waals surface area contributed by atoms with Crippen molar-refractivity contribution in [2.24, 2.45) is 5.92 Å². The second kappa shape index (κ2) is 4.29. The fourth-order valence-corrected chi connectivity index (χ4v) is 0.714. The number of aliphatic hydroxyl groups excluding tert-OH is 1. The highest BCUT2D eigenvalue weighted by Gasteiger charge is 2.10. The molecule has 1 nitrogen and oxygen atoms in total. The average Bonchev–Trinajstić information content (AvgIpc) is 2.00. The third-order valence-corrected chi connectivity index (χ3v) is 1.79. The van der Waals surface area contributed by atoms with Crippen molar-refractivity contribution in [3.05, 3.63) is 24.3 Å². The van der Waals surface area contributed by atoms with E-state index in [0.717, 1.165) is 5.57 Å². The molecule has 0 bridgehead atoms. The van der Waals surface area contributed by atoms with Crippen LogP contribution in [0.15, 0.2) is 24.3 Å². The molecule has 1 N–H and O–H groups in total. The Morgan fingerprint density at radius 1 is 1.60 bits per heavy atom. The zero-order valence-corrected chi connectivity index (χ0v) is 6.96. The van der Waals surface area contributed by atoms with Gasteiger partial charge in [0.25, 0.3) is 0 Å². The molecule has 0 rings (SSSR count). The lowest BCUT2D eigenvalue weighted by Crippen LogP contribution is -2.16. The Morgan fingerprint density at radius 2 is 2.10 bits per heavy atom. The Morgan fingerprint density at radius 3 is 2.40 bits per heavy atom. The van der Waals surface area contributed by atoms with E-state index >= 15 is 0 Å². The van der Waals surface area contributed by atoms with Crippen molar-refractivity contribution in [1.82, 2.24) is 0 Å². The maximum atomic E-state index is 9.45. The lowest BCUT2D eigenvalue weighted by atomic mass is 9.99. The maximum Gasteiger partial charge on any atom is 0.0807 e. The second-order valence-electron chi connectivity index (χ2n) is 2.57. The molecule has 0 aromatic rings. The first kappa shape index (κ1) is 9.44. The van der Waals surface area contributed by atoms with Gasteiger partial charge in [-0.3, -0.25) is 0 Å². The van der Waals surface area contributed by atoms with Gasteiger partial charge in [-0.15, -0.1) is 6.58 Å². The van der Waals surface area contributed by atoms with Crippen LogP contribution in [0.5, 0.6) is 0 Å². The molecule has 58 valence electrons. The molecule has 0 aliphatic rings. The molecule has 0 radical (unpaired) electrons. The summed E-state index contributed by atoms with van der Waals surface area (Å²) in [7, 11) is 0. The van der Waals surface area contributed by atoms with E-state index in [1.807, 2.05) is 26.8 Å². The largest absolute Gasteiger partial charge is 0.388 e. The van der Waals surface area contributed by atoms with Gasteiger partial charge in [0.05, 0.1) is 6.10 Å². The van der Waals surface area contributed by atoms with Crippen molar-refractivity contribution in [1.29, 1.82) is 0 Å². The van der Waals surface area contributed by atoms with Gasteiger partial charge >= 0.3 is 0 Å². The number of allylic oxidation sites excluding steroid dienone is 1. The van der Waals surface area contributed by atoms with Crippen LogP contribution in [-0.4, -0.2) is 11.2 Å². The van der Waals surface area contributed by atoms with Crippen molar-refractivity contribution in [2.45, 2.75) is 26.9 Å². The van der Waals surface area contributed by atoms with Gasteiger partial charge < -0.3 is 5.11 Å². The van der Waals surface area contributed by atoms with Crippen LogP contribution in [0.25, 0.3) is 0 Å². The van der Waals surface area contributed by atoms with Crippen LogP contribution in [0.3, 0.4) is 0 Å². The van der Waals surface area contributed by atoms with Crippen molar-refractivity contribution in [2.75, 3.05) is 0 Å². The normalized spacial score (nSPS) is 18.2. The van der Waals surface area contributed by atoms with Gasteiger partial charge in [0, 0.05) is 5.92 Å². The average molecular weight is 140 g/mol. The van der Waals surface area contributed by atoms with E-state index in [4.69, 9.17) is 0 Å². The molecule has 0 spiro atoms. The van der Waals surface area contributed by atoms with Gasteiger partial charge in [0.1, 0.15) is 0 Å². The van der Waals surface area contributed by atoms with Crippen LogP contribution in [0, 0.1) is 5.92 Å². The standard InChI is InChI=1S/C9H16O/c1-5-7(3)9(10)8(4)6-2/h5-7,9-10H,1H2,2-4H3. The van der Waals surface area contributed by atoms with Gasteiger partial charge in [-0.25, -0.2) is 0 Å². The van der Waals surface area contributed by atoms with Crippen molar-refractivity contribution < 1.29 is 5.11 Å². The molecule has 0 aromatic heterocycles. The highest BCUT2D eigenvalue weighted by molar-refractivity contribution is 5.06. The molecule has 0 aliphatic heterocycles. The monoisotopic (exact) mass is 140 g/mol. The van der Waals surface area contributed by atoms with Crippen LogP contribution in [0.4, 0.5) is 0 Å². The summed E-state index contributed by atoms with van der Waals surface area (Å²) < 4.78 is 0. The molecule has 0 aliphatic carbocycles. The van der Waals surface area contributed by atoms with Crippen molar-refractivity contribution >= 4 is 0 Å². The highest BCUT2D eigenvalue weighted by Crippen LogP contribution is 2.11. The Balaban J connectivity index is 4.06. The molecule has 0 aromatic carbocycles. The van der Waals surface area contributed by atoms with Crippen LogP contribution < -0.4 is 0 Å². The summed E-state index contributed by atoms with van der Waals surface area (Å²) in [5.74, 6) is 0.149. The van der Waals surface area contributed by atoms with E-state index in [-0.39, 0.29) is 12.0 Å². The number of rotatable bonds is 3. The predicted molar refractivity (Wildman–Crippen MR) is 44.8 cm³/mol. The molecule has 1 heteroatoms. The summed E-state index contributed by atoms with van der Waals surface area (Å²) in [5.41, 5.74) is 1.01. The van der Waals surface area contributed by atoms with Crippen LogP contribution in [0.1, 0.15) is 20.8 Å². The molecule has 0 saturated heterocycles. The van der Waals surface area contributed by atoms with E-state index in [0.29, 0.717) is 0 Å². The first-order chi connectivity index (χ1) is 4.63. The molecule has 0 heterocycles. The van der Waals surface area contributed by atoms with Gasteiger partial charge in [0.15, 0.2) is 0 Å². The van der Waals surface area contributed by atoms with E-state index in [1.165, 1.54) is 0 Å². The highest BCUT2D eigenvalue weighted by atomic mass is 16.3. The summed E-state index contributed by atoms with van der Waals surface area (Å²) in [4.78, 5) is 0. The minimum absolute atomic E-state index is 0.149. The Kier molecular flexibility index (Phi) is 4.05. The molecule has 2 unspecified atom stereocenters. The smallest absolute Gasteiger partial charge is 0.0807 e. The first-order valence-corrected chi connectivity index (χ1v) is 3.57. The third kappa shape index (κ3) is 2.36. The fourth-order valence-electron chi connectivity index (χ4n) is 0.714. The fraction of sp³-hybridized carbons (Fsp3) is 0.556. The SMILES string of the molecule is C=CC(C)C(O)C(C)=CC. The summed E-state index contributed by atoms with van der Waals surface area (Å²) in [6.45, 7) is 9.41. The van der Waals surface area contributed by atoms with Crippen molar-refractivity contribution in [3.63, 3.8) is 0 Å². The minimum atomic E-state index is -0.359. The molecule has 0 saturated carbocycles. The quantitative estimate of drug-likeness (QED) is 0.595. The zero-order chi connectivity index (χ0) is 8.15. The summed E-state index contributed by atoms with van der Waals surface area (Å²) in [6, 6.07) is 0. The number of hydrogen-bond acceptors (Lipinski definition) is 1. The van der Waals surface area contributed by atoms with E-state index in [9.17, 15) is 5.11 Å². The lowest BCUT2D eigenvalue weighted by Gasteiger charge is -2.14. The summed E-state index contributed by atoms with van der Waals surface area (Å²) in [6.07, 6.45) is 3.32. The third-order valence-electron chi connectivity index (χ3n) is 1.79. The van der Waals surface area contributed by atoms with Gasteiger partial charge in [-0.05, 0) is 19.4 Å². The summed E-state index contributed by atoms with van der Waals surface area (Å²) >= 11 is 0. The Labute approximate surface area is 63.1 Å². The maximum absolute atomic E-state index is 9.45. The summed E-state index contributed by atoms with van der Waals surface area (Å²) in [5, 5.41) is 9.45. The van der Waals surface area contributed by atoms with E-state index in [2.05, 4.69) is 6.58 Å². The van der Waals surface area contributed by atoms with E-state index in [1.54, 1.807) is 6.08 Å². The molecule has 10 heavy (non-hydrogen) atoms. The minimum Gasteiger partial charge on any atom is -0.388 e. The first-order valence-electron chi connectivity index (χ1n) is 3.57. The van der Waals surface area contributed by atoms with Gasteiger partial charge in [0.2, 0.25) is 0 Å².